The summed E-state index contributed by atoms with van der Waals surface area (Å²) < 4.78 is 5.41. The minimum Gasteiger partial charge on any atom is -0.354 e. The van der Waals surface area contributed by atoms with Crippen LogP contribution >= 0.6 is 0 Å². The fourth-order valence-corrected chi connectivity index (χ4v) is 3.22. The Kier molecular flexibility index (Phi) is 5.14. The van der Waals surface area contributed by atoms with Crippen LogP contribution in [0.4, 0.5) is 0 Å². The van der Waals surface area contributed by atoms with Gasteiger partial charge >= 0.3 is 0 Å². The van der Waals surface area contributed by atoms with Crippen molar-refractivity contribution in [2.45, 2.75) is 25.3 Å². The summed E-state index contributed by atoms with van der Waals surface area (Å²) in [7, 11) is 0. The van der Waals surface area contributed by atoms with E-state index in [2.05, 4.69) is 20.8 Å². The topological polar surface area (TPSA) is 97.1 Å². The van der Waals surface area contributed by atoms with E-state index in [9.17, 15) is 9.59 Å². The number of nitrogens with one attached hydrogen (secondary N) is 2. The number of carbonyl (C=O) groups is 2. The molecule has 28 heavy (non-hydrogen) atoms. The minimum absolute atomic E-state index is 0.146. The van der Waals surface area contributed by atoms with Gasteiger partial charge in [0.15, 0.2) is 0 Å². The monoisotopic (exact) mass is 376 g/mol. The first kappa shape index (κ1) is 17.9. The van der Waals surface area contributed by atoms with Crippen LogP contribution in [0.3, 0.4) is 0 Å². The summed E-state index contributed by atoms with van der Waals surface area (Å²) in [4.78, 5) is 29.4. The highest BCUT2D eigenvalue weighted by Gasteiger charge is 2.25. The molecule has 2 N–H and O–H groups in total. The Morgan fingerprint density at radius 2 is 1.86 bits per heavy atom. The third kappa shape index (κ3) is 3.78. The first-order valence-corrected chi connectivity index (χ1v) is 9.29. The molecule has 1 aliphatic rings. The van der Waals surface area contributed by atoms with Gasteiger partial charge < -0.3 is 15.2 Å². The lowest BCUT2D eigenvalue weighted by atomic mass is 10.1. The van der Waals surface area contributed by atoms with E-state index in [4.69, 9.17) is 4.52 Å². The Hall–Kier alpha value is -3.48. The van der Waals surface area contributed by atoms with Gasteiger partial charge in [-0.05, 0) is 31.4 Å². The lowest BCUT2D eigenvalue weighted by molar-refractivity contribution is -0.122. The molecule has 7 heteroatoms. The van der Waals surface area contributed by atoms with Gasteiger partial charge in [0.25, 0.3) is 11.8 Å². The normalized spacial score (nSPS) is 16.9. The summed E-state index contributed by atoms with van der Waals surface area (Å²) in [6.45, 7) is 0.645. The van der Waals surface area contributed by atoms with E-state index < -0.39 is 6.04 Å². The van der Waals surface area contributed by atoms with Gasteiger partial charge in [-0.15, -0.1) is 0 Å². The Balaban J connectivity index is 1.59. The largest absolute Gasteiger partial charge is 0.354 e. The number of benzene rings is 2. The molecule has 0 unspecified atom stereocenters. The standard InChI is InChI=1S/C21H20N4O3/c26-19(23-17-12-6-7-13-22-20(17)27)15-10-4-5-11-16(15)21-24-18(25-28-21)14-8-2-1-3-9-14/h1-5,8-11,17H,6-7,12-13H2,(H,22,27)(H,23,26)/t17-/m1/s1. The Morgan fingerprint density at radius 3 is 2.71 bits per heavy atom. The van der Waals surface area contributed by atoms with Gasteiger partial charge in [-0.25, -0.2) is 0 Å². The number of amides is 2. The molecule has 3 aromatic rings. The molecule has 0 bridgehead atoms. The average Bonchev–Trinajstić information content (AvgIpc) is 3.14. The molecule has 7 nitrogen and oxygen atoms in total. The highest BCUT2D eigenvalue weighted by atomic mass is 16.5. The summed E-state index contributed by atoms with van der Waals surface area (Å²) in [5.41, 5.74) is 1.75. The number of carbonyl (C=O) groups excluding carboxylic acids is 2. The third-order valence-corrected chi connectivity index (χ3v) is 4.70. The predicted molar refractivity (Wildman–Crippen MR) is 103 cm³/mol. The average molecular weight is 376 g/mol. The molecule has 0 aliphatic carbocycles. The van der Waals surface area contributed by atoms with Crippen molar-refractivity contribution in [1.82, 2.24) is 20.8 Å². The maximum atomic E-state index is 12.9. The Morgan fingerprint density at radius 1 is 1.07 bits per heavy atom. The van der Waals surface area contributed by atoms with Crippen LogP contribution in [0.2, 0.25) is 0 Å². The first-order chi connectivity index (χ1) is 13.7. The van der Waals surface area contributed by atoms with E-state index in [1.165, 1.54) is 0 Å². The van der Waals surface area contributed by atoms with Crippen LogP contribution in [0.15, 0.2) is 59.1 Å². The summed E-state index contributed by atoms with van der Waals surface area (Å²) in [5.74, 6) is 0.230. The SMILES string of the molecule is O=C(N[C@@H]1CCCCNC1=O)c1ccccc1-c1nc(-c2ccccc2)no1. The van der Waals surface area contributed by atoms with Crippen LogP contribution in [0.25, 0.3) is 22.8 Å². The van der Waals surface area contributed by atoms with E-state index in [1.54, 1.807) is 24.3 Å². The van der Waals surface area contributed by atoms with E-state index >= 15 is 0 Å². The van der Waals surface area contributed by atoms with Crippen molar-refractivity contribution in [2.24, 2.45) is 0 Å². The maximum absolute atomic E-state index is 12.9. The quantitative estimate of drug-likeness (QED) is 0.730. The molecule has 1 aliphatic heterocycles. The number of aromatic nitrogens is 2. The highest BCUT2D eigenvalue weighted by molar-refractivity contribution is 6.02. The van der Waals surface area contributed by atoms with Crippen molar-refractivity contribution in [1.29, 1.82) is 0 Å². The van der Waals surface area contributed by atoms with Crippen molar-refractivity contribution in [2.75, 3.05) is 6.54 Å². The zero-order valence-electron chi connectivity index (χ0n) is 15.2. The maximum Gasteiger partial charge on any atom is 0.259 e. The molecule has 1 fully saturated rings. The summed E-state index contributed by atoms with van der Waals surface area (Å²) >= 11 is 0. The van der Waals surface area contributed by atoms with Gasteiger partial charge in [0.2, 0.25) is 11.7 Å². The highest BCUT2D eigenvalue weighted by Crippen LogP contribution is 2.25. The van der Waals surface area contributed by atoms with Crippen molar-refractivity contribution < 1.29 is 14.1 Å². The van der Waals surface area contributed by atoms with E-state index in [0.29, 0.717) is 29.9 Å². The fourth-order valence-electron chi connectivity index (χ4n) is 3.22. The van der Waals surface area contributed by atoms with Gasteiger partial charge in [-0.2, -0.15) is 4.98 Å². The van der Waals surface area contributed by atoms with Crippen LogP contribution in [0.1, 0.15) is 29.6 Å². The molecule has 0 saturated carbocycles. The van der Waals surface area contributed by atoms with Crippen LogP contribution in [-0.4, -0.2) is 34.5 Å². The molecule has 1 aromatic heterocycles. The number of rotatable bonds is 4. The lowest BCUT2D eigenvalue weighted by Crippen LogP contribution is -2.45. The number of hydrogen-bond acceptors (Lipinski definition) is 5. The molecular weight excluding hydrogens is 356 g/mol. The van der Waals surface area contributed by atoms with E-state index in [-0.39, 0.29) is 17.7 Å². The molecule has 142 valence electrons. The third-order valence-electron chi connectivity index (χ3n) is 4.70. The van der Waals surface area contributed by atoms with Crippen molar-refractivity contribution in [3.8, 4) is 22.8 Å². The van der Waals surface area contributed by atoms with Crippen molar-refractivity contribution in [3.05, 3.63) is 60.2 Å². The molecule has 2 amide bonds. The molecule has 4 rings (SSSR count). The predicted octanol–water partition coefficient (Wildman–Crippen LogP) is 2.80. The van der Waals surface area contributed by atoms with E-state index in [0.717, 1.165) is 18.4 Å². The number of hydrogen-bond donors (Lipinski definition) is 2. The zero-order chi connectivity index (χ0) is 19.3. The molecular formula is C21H20N4O3. The summed E-state index contributed by atoms with van der Waals surface area (Å²) in [5, 5.41) is 9.68. The van der Waals surface area contributed by atoms with Gasteiger partial charge in [0.1, 0.15) is 6.04 Å². The molecule has 0 spiro atoms. The molecule has 0 radical (unpaired) electrons. The molecule has 2 heterocycles. The zero-order valence-corrected chi connectivity index (χ0v) is 15.2. The van der Waals surface area contributed by atoms with Crippen LogP contribution in [0, 0.1) is 0 Å². The Labute approximate surface area is 162 Å². The molecule has 1 saturated heterocycles. The van der Waals surface area contributed by atoms with Gasteiger partial charge in [0, 0.05) is 12.1 Å². The van der Waals surface area contributed by atoms with Gasteiger partial charge in [-0.3, -0.25) is 9.59 Å². The van der Waals surface area contributed by atoms with Crippen LogP contribution in [0.5, 0.6) is 0 Å². The van der Waals surface area contributed by atoms with Crippen LogP contribution < -0.4 is 10.6 Å². The second-order valence-electron chi connectivity index (χ2n) is 6.65. The fraction of sp³-hybridized carbons (Fsp3) is 0.238. The smallest absolute Gasteiger partial charge is 0.259 e. The second-order valence-corrected chi connectivity index (χ2v) is 6.65. The molecule has 2 aromatic carbocycles. The van der Waals surface area contributed by atoms with Crippen molar-refractivity contribution >= 4 is 11.8 Å². The minimum atomic E-state index is -0.536. The first-order valence-electron chi connectivity index (χ1n) is 9.29. The van der Waals surface area contributed by atoms with Gasteiger partial charge in [-0.1, -0.05) is 47.6 Å². The van der Waals surface area contributed by atoms with Gasteiger partial charge in [0.05, 0.1) is 11.1 Å². The Bertz CT molecular complexity index is 984. The summed E-state index contributed by atoms with van der Waals surface area (Å²) in [6.07, 6.45) is 2.42. The van der Waals surface area contributed by atoms with Crippen LogP contribution in [-0.2, 0) is 4.79 Å². The molecule has 1 atom stereocenters. The van der Waals surface area contributed by atoms with Crippen molar-refractivity contribution in [3.63, 3.8) is 0 Å². The summed E-state index contributed by atoms with van der Waals surface area (Å²) in [6, 6.07) is 15.9. The van der Waals surface area contributed by atoms with E-state index in [1.807, 2.05) is 30.3 Å². The second kappa shape index (κ2) is 8.04. The number of nitrogens with zero attached hydrogens (tertiary/aromatic N) is 2. The lowest BCUT2D eigenvalue weighted by Gasteiger charge is -2.16.